The summed E-state index contributed by atoms with van der Waals surface area (Å²) in [6.45, 7) is 0. The highest BCUT2D eigenvalue weighted by molar-refractivity contribution is 5.90. The number of carbonyl (C=O) groups excluding carboxylic acids is 2. The molecule has 3 aromatic rings. The van der Waals surface area contributed by atoms with E-state index in [1.165, 1.54) is 20.4 Å². The molecule has 2 aromatic heterocycles. The van der Waals surface area contributed by atoms with E-state index < -0.39 is 17.4 Å². The van der Waals surface area contributed by atoms with Crippen LogP contribution in [0.1, 0.15) is 28.0 Å². The van der Waals surface area contributed by atoms with Crippen LogP contribution in [0.5, 0.6) is 0 Å². The van der Waals surface area contributed by atoms with E-state index in [4.69, 9.17) is 27.4 Å². The maximum atomic E-state index is 13.0. The Morgan fingerprint density at radius 1 is 1.10 bits per heavy atom. The predicted octanol–water partition coefficient (Wildman–Crippen LogP) is 1.05. The molecule has 0 aliphatic rings. The first-order valence-electron chi connectivity index (χ1n) is 9.10. The van der Waals surface area contributed by atoms with Gasteiger partial charge in [-0.05, 0) is 17.7 Å². The van der Waals surface area contributed by atoms with Crippen molar-refractivity contribution in [3.05, 3.63) is 47.3 Å². The first-order chi connectivity index (χ1) is 14.8. The molecule has 10 nitrogen and oxygen atoms in total. The van der Waals surface area contributed by atoms with E-state index in [0.29, 0.717) is 16.8 Å². The molecule has 4 N–H and O–H groups in total. The third-order valence-electron chi connectivity index (χ3n) is 4.82. The number of nitrogens with zero attached hydrogens (tertiary/aromatic N) is 4. The zero-order valence-electron chi connectivity index (χ0n) is 17.0. The second-order valence-electron chi connectivity index (χ2n) is 6.70. The number of carbonyl (C=O) groups is 2. The average molecular weight is 420 g/mol. The summed E-state index contributed by atoms with van der Waals surface area (Å²) in [4.78, 5) is 41.3. The largest absolute Gasteiger partial charge is 0.468 e. The molecular formula is C21H20N6O4. The second kappa shape index (κ2) is 8.62. The van der Waals surface area contributed by atoms with Crippen LogP contribution in [0.25, 0.3) is 11.2 Å². The van der Waals surface area contributed by atoms with Crippen LogP contribution in [0.2, 0.25) is 0 Å². The van der Waals surface area contributed by atoms with Crippen LogP contribution >= 0.6 is 0 Å². The molecule has 0 unspecified atom stereocenters. The first-order valence-corrected chi connectivity index (χ1v) is 9.10. The summed E-state index contributed by atoms with van der Waals surface area (Å²) in [6, 6.07) is 6.37. The van der Waals surface area contributed by atoms with Crippen molar-refractivity contribution in [1.82, 2.24) is 19.9 Å². The van der Waals surface area contributed by atoms with Crippen LogP contribution in [0.3, 0.4) is 0 Å². The van der Waals surface area contributed by atoms with E-state index in [9.17, 15) is 9.59 Å². The van der Waals surface area contributed by atoms with Gasteiger partial charge < -0.3 is 20.9 Å². The van der Waals surface area contributed by atoms with Gasteiger partial charge >= 0.3 is 11.9 Å². The van der Waals surface area contributed by atoms with Gasteiger partial charge in [-0.3, -0.25) is 4.79 Å². The number of hydrogen-bond acceptors (Lipinski definition) is 10. The summed E-state index contributed by atoms with van der Waals surface area (Å²) in [5, 5.41) is 0. The fourth-order valence-corrected chi connectivity index (χ4v) is 3.32. The molecule has 0 aliphatic carbocycles. The lowest BCUT2D eigenvalue weighted by molar-refractivity contribution is -0.147. The minimum Gasteiger partial charge on any atom is -0.468 e. The number of methoxy groups -OCH3 is 2. The SMILES string of the molecule is C#CC[C@@](Cc1cnc2nc(N)nc(N)c2n1)(C(=O)OC)c1ccc(C(=O)OC)cc1. The number of nitrogens with two attached hydrogens (primary N) is 2. The summed E-state index contributed by atoms with van der Waals surface area (Å²) in [5.74, 6) is 1.54. The number of benzene rings is 1. The van der Waals surface area contributed by atoms with Gasteiger partial charge in [0.25, 0.3) is 0 Å². The van der Waals surface area contributed by atoms with Gasteiger partial charge in [0.2, 0.25) is 5.95 Å². The Balaban J connectivity index is 2.11. The standard InChI is InChI=1S/C21H20N6O4/c1-4-9-21(19(29)31-3,13-7-5-12(6-8-13)18(28)30-2)10-14-11-24-17-15(25-14)16(22)26-20(23)27-17/h1,5-8,11H,9-10H2,2-3H3,(H4,22,23,24,26,27)/t21-/m0/s1. The number of terminal acetylenes is 1. The van der Waals surface area contributed by atoms with Crippen LogP contribution in [0.4, 0.5) is 11.8 Å². The van der Waals surface area contributed by atoms with Crippen molar-refractivity contribution >= 4 is 34.9 Å². The Kier molecular flexibility index (Phi) is 5.97. The third-order valence-corrected chi connectivity index (χ3v) is 4.82. The summed E-state index contributed by atoms with van der Waals surface area (Å²) in [5.41, 5.74) is 12.0. The van der Waals surface area contributed by atoms with Gasteiger partial charge in [0.1, 0.15) is 5.41 Å². The van der Waals surface area contributed by atoms with Crippen molar-refractivity contribution in [2.24, 2.45) is 0 Å². The molecule has 0 saturated heterocycles. The Morgan fingerprint density at radius 3 is 2.42 bits per heavy atom. The van der Waals surface area contributed by atoms with Gasteiger partial charge in [-0.2, -0.15) is 9.97 Å². The highest BCUT2D eigenvalue weighted by Crippen LogP contribution is 2.34. The molecule has 0 radical (unpaired) electrons. The van der Waals surface area contributed by atoms with E-state index in [1.807, 2.05) is 0 Å². The lowest BCUT2D eigenvalue weighted by Crippen LogP contribution is -2.39. The monoisotopic (exact) mass is 420 g/mol. The second-order valence-corrected chi connectivity index (χ2v) is 6.70. The van der Waals surface area contributed by atoms with Gasteiger partial charge in [0, 0.05) is 12.8 Å². The van der Waals surface area contributed by atoms with Gasteiger partial charge in [0.05, 0.1) is 31.7 Å². The number of hydrogen-bond donors (Lipinski definition) is 2. The van der Waals surface area contributed by atoms with Crippen molar-refractivity contribution in [2.75, 3.05) is 25.7 Å². The maximum Gasteiger partial charge on any atom is 0.337 e. The zero-order chi connectivity index (χ0) is 22.6. The highest BCUT2D eigenvalue weighted by atomic mass is 16.5. The molecule has 0 spiro atoms. The van der Waals surface area contributed by atoms with Gasteiger partial charge in [-0.25, -0.2) is 14.8 Å². The summed E-state index contributed by atoms with van der Waals surface area (Å²) < 4.78 is 9.80. The number of aromatic nitrogens is 4. The smallest absolute Gasteiger partial charge is 0.337 e. The van der Waals surface area contributed by atoms with Gasteiger partial charge in [0.15, 0.2) is 17.0 Å². The number of rotatable bonds is 6. The van der Waals surface area contributed by atoms with Crippen molar-refractivity contribution in [3.63, 3.8) is 0 Å². The molecule has 2 heterocycles. The number of nitrogen functional groups attached to an aromatic ring is 2. The molecule has 1 aromatic carbocycles. The van der Waals surface area contributed by atoms with Crippen molar-refractivity contribution in [1.29, 1.82) is 0 Å². The van der Waals surface area contributed by atoms with Crippen molar-refractivity contribution < 1.29 is 19.1 Å². The quantitative estimate of drug-likeness (QED) is 0.436. The minimum atomic E-state index is -1.27. The Morgan fingerprint density at radius 2 is 1.81 bits per heavy atom. The summed E-state index contributed by atoms with van der Waals surface area (Å²) in [6.07, 6.45) is 7.15. The van der Waals surface area contributed by atoms with Crippen LogP contribution in [-0.4, -0.2) is 46.1 Å². The molecule has 0 amide bonds. The Bertz CT molecular complexity index is 1190. The normalized spacial score (nSPS) is 12.5. The van der Waals surface area contributed by atoms with Crippen LogP contribution in [0.15, 0.2) is 30.5 Å². The lowest BCUT2D eigenvalue weighted by Gasteiger charge is -2.29. The molecule has 0 bridgehead atoms. The summed E-state index contributed by atoms with van der Waals surface area (Å²) >= 11 is 0. The molecule has 31 heavy (non-hydrogen) atoms. The predicted molar refractivity (Wildman–Crippen MR) is 113 cm³/mol. The van der Waals surface area contributed by atoms with Crippen LogP contribution in [-0.2, 0) is 26.1 Å². The molecule has 0 saturated carbocycles. The number of ether oxygens (including phenoxy) is 2. The fraction of sp³-hybridized carbons (Fsp3) is 0.238. The molecule has 0 aliphatic heterocycles. The average Bonchev–Trinajstić information content (AvgIpc) is 2.78. The number of esters is 2. The van der Waals surface area contributed by atoms with Gasteiger partial charge in [-0.1, -0.05) is 12.1 Å². The third kappa shape index (κ3) is 4.06. The molecule has 1 atom stereocenters. The Hall–Kier alpha value is -4.26. The van der Waals surface area contributed by atoms with E-state index in [1.54, 1.807) is 24.3 Å². The molecule has 158 valence electrons. The van der Waals surface area contributed by atoms with Crippen LogP contribution < -0.4 is 11.5 Å². The molecule has 3 rings (SSSR count). The van der Waals surface area contributed by atoms with Crippen molar-refractivity contribution in [2.45, 2.75) is 18.3 Å². The Labute approximate surface area is 178 Å². The molecule has 0 fully saturated rings. The first kappa shape index (κ1) is 21.4. The topological polar surface area (TPSA) is 156 Å². The number of anilines is 2. The van der Waals surface area contributed by atoms with Gasteiger partial charge in [-0.15, -0.1) is 12.3 Å². The molecule has 10 heteroatoms. The van der Waals surface area contributed by atoms with E-state index in [0.717, 1.165) is 0 Å². The minimum absolute atomic E-state index is 0.0185. The highest BCUT2D eigenvalue weighted by Gasteiger charge is 2.42. The fourth-order valence-electron chi connectivity index (χ4n) is 3.32. The van der Waals surface area contributed by atoms with E-state index in [2.05, 4.69) is 25.9 Å². The van der Waals surface area contributed by atoms with Crippen LogP contribution in [0, 0.1) is 12.3 Å². The van der Waals surface area contributed by atoms with Crippen molar-refractivity contribution in [3.8, 4) is 12.3 Å². The number of fused-ring (bicyclic) bond motifs is 1. The molecular weight excluding hydrogens is 400 g/mol. The van der Waals surface area contributed by atoms with E-state index in [-0.39, 0.29) is 35.8 Å². The summed E-state index contributed by atoms with van der Waals surface area (Å²) in [7, 11) is 2.56. The maximum absolute atomic E-state index is 13.0. The zero-order valence-corrected chi connectivity index (χ0v) is 17.0. The van der Waals surface area contributed by atoms with E-state index >= 15 is 0 Å². The lowest BCUT2D eigenvalue weighted by atomic mass is 9.74.